The maximum Gasteiger partial charge on any atom is 0.242 e. The average molecular weight is 316 g/mol. The average Bonchev–Trinajstić information content (AvgIpc) is 2.87. The van der Waals surface area contributed by atoms with E-state index in [0.717, 1.165) is 24.8 Å². The highest BCUT2D eigenvalue weighted by atomic mass is 16.3. The molecule has 0 saturated carbocycles. The standard InChI is InChI=1S/C18H24N2O3/c21-16-9-5-2-6-11-19(16)13-17(22)20-12-10-18(23,14-20)15-7-3-1-4-8-15/h1,3-4,7-8,23H,2,5-6,9-14H2. The molecule has 124 valence electrons. The van der Waals surface area contributed by atoms with Crippen LogP contribution in [0.15, 0.2) is 30.3 Å². The highest BCUT2D eigenvalue weighted by Gasteiger charge is 2.39. The maximum absolute atomic E-state index is 12.5. The van der Waals surface area contributed by atoms with Crippen LogP contribution in [0.1, 0.15) is 37.7 Å². The fourth-order valence-corrected chi connectivity index (χ4v) is 3.46. The van der Waals surface area contributed by atoms with Gasteiger partial charge in [0.05, 0.1) is 13.1 Å². The topological polar surface area (TPSA) is 60.9 Å². The Morgan fingerprint density at radius 3 is 2.70 bits per heavy atom. The number of amides is 2. The second-order valence-electron chi connectivity index (χ2n) is 6.59. The van der Waals surface area contributed by atoms with Crippen molar-refractivity contribution in [2.24, 2.45) is 0 Å². The van der Waals surface area contributed by atoms with Crippen molar-refractivity contribution in [2.45, 2.75) is 37.7 Å². The minimum absolute atomic E-state index is 0.0629. The molecule has 2 aliphatic rings. The molecule has 1 aromatic carbocycles. The lowest BCUT2D eigenvalue weighted by Gasteiger charge is -2.26. The fourth-order valence-electron chi connectivity index (χ4n) is 3.46. The summed E-state index contributed by atoms with van der Waals surface area (Å²) in [7, 11) is 0. The Hall–Kier alpha value is -1.88. The van der Waals surface area contributed by atoms with Crippen molar-refractivity contribution in [3.8, 4) is 0 Å². The van der Waals surface area contributed by atoms with Crippen LogP contribution in [-0.2, 0) is 15.2 Å². The molecule has 2 fully saturated rings. The van der Waals surface area contributed by atoms with Crippen LogP contribution >= 0.6 is 0 Å². The lowest BCUT2D eigenvalue weighted by molar-refractivity contribution is -0.140. The zero-order valence-electron chi connectivity index (χ0n) is 13.4. The summed E-state index contributed by atoms with van der Waals surface area (Å²) in [5.41, 5.74) is -0.124. The van der Waals surface area contributed by atoms with Gasteiger partial charge >= 0.3 is 0 Å². The van der Waals surface area contributed by atoms with Crippen molar-refractivity contribution < 1.29 is 14.7 Å². The molecule has 23 heavy (non-hydrogen) atoms. The number of benzene rings is 1. The Kier molecular flexibility index (Phi) is 4.66. The van der Waals surface area contributed by atoms with Crippen molar-refractivity contribution in [3.63, 3.8) is 0 Å². The number of likely N-dealkylation sites (tertiary alicyclic amines) is 2. The third kappa shape index (κ3) is 3.55. The number of β-amino-alcohol motifs (C(OH)–C–C–N with tert-alkyl or cyclic N) is 1. The Labute approximate surface area is 136 Å². The first-order valence-electron chi connectivity index (χ1n) is 8.42. The summed E-state index contributed by atoms with van der Waals surface area (Å²) < 4.78 is 0. The van der Waals surface area contributed by atoms with Crippen LogP contribution in [0.5, 0.6) is 0 Å². The molecule has 2 amide bonds. The number of carbonyl (C=O) groups excluding carboxylic acids is 2. The second-order valence-corrected chi connectivity index (χ2v) is 6.59. The SMILES string of the molecule is O=C1CCCCCN1CC(=O)N1CCC(O)(c2ccccc2)C1. The predicted octanol–water partition coefficient (Wildman–Crippen LogP) is 1.51. The first-order chi connectivity index (χ1) is 11.1. The number of carbonyl (C=O) groups is 2. The first-order valence-corrected chi connectivity index (χ1v) is 8.42. The van der Waals surface area contributed by atoms with Gasteiger partial charge in [-0.2, -0.15) is 0 Å². The summed E-state index contributed by atoms with van der Waals surface area (Å²) in [5.74, 6) is 0.0143. The minimum Gasteiger partial charge on any atom is -0.383 e. The van der Waals surface area contributed by atoms with E-state index in [9.17, 15) is 14.7 Å². The van der Waals surface area contributed by atoms with Crippen molar-refractivity contribution in [1.82, 2.24) is 9.80 Å². The molecule has 5 heteroatoms. The van der Waals surface area contributed by atoms with Gasteiger partial charge in [-0.1, -0.05) is 36.8 Å². The van der Waals surface area contributed by atoms with Gasteiger partial charge in [0.15, 0.2) is 0 Å². The van der Waals surface area contributed by atoms with E-state index >= 15 is 0 Å². The Morgan fingerprint density at radius 1 is 1.13 bits per heavy atom. The molecule has 0 radical (unpaired) electrons. The van der Waals surface area contributed by atoms with E-state index in [0.29, 0.717) is 32.5 Å². The van der Waals surface area contributed by atoms with E-state index in [1.807, 2.05) is 30.3 Å². The van der Waals surface area contributed by atoms with Gasteiger partial charge in [0, 0.05) is 19.5 Å². The lowest BCUT2D eigenvalue weighted by Crippen LogP contribution is -2.43. The van der Waals surface area contributed by atoms with Crippen molar-refractivity contribution in [2.75, 3.05) is 26.2 Å². The van der Waals surface area contributed by atoms with Crippen molar-refractivity contribution in [1.29, 1.82) is 0 Å². The quantitative estimate of drug-likeness (QED) is 0.919. The molecular formula is C18H24N2O3. The monoisotopic (exact) mass is 316 g/mol. The van der Waals surface area contributed by atoms with E-state index < -0.39 is 5.60 Å². The van der Waals surface area contributed by atoms with Gasteiger partial charge in [-0.15, -0.1) is 0 Å². The van der Waals surface area contributed by atoms with Crippen molar-refractivity contribution in [3.05, 3.63) is 35.9 Å². The second kappa shape index (κ2) is 6.71. The summed E-state index contributed by atoms with van der Waals surface area (Å²) >= 11 is 0. The van der Waals surface area contributed by atoms with Gasteiger partial charge < -0.3 is 14.9 Å². The van der Waals surface area contributed by atoms with Crippen molar-refractivity contribution >= 4 is 11.8 Å². The van der Waals surface area contributed by atoms with E-state index in [4.69, 9.17) is 0 Å². The summed E-state index contributed by atoms with van der Waals surface area (Å²) in [6.07, 6.45) is 4.01. The van der Waals surface area contributed by atoms with E-state index in [2.05, 4.69) is 0 Å². The van der Waals surface area contributed by atoms with Crippen LogP contribution in [0, 0.1) is 0 Å². The Balaban J connectivity index is 1.62. The molecule has 1 N–H and O–H groups in total. The van der Waals surface area contributed by atoms with Crippen LogP contribution < -0.4 is 0 Å². The smallest absolute Gasteiger partial charge is 0.242 e. The summed E-state index contributed by atoms with van der Waals surface area (Å²) in [4.78, 5) is 27.9. The number of hydrogen-bond acceptors (Lipinski definition) is 3. The molecule has 0 aromatic heterocycles. The minimum atomic E-state index is -0.973. The third-order valence-corrected chi connectivity index (χ3v) is 4.91. The van der Waals surface area contributed by atoms with Gasteiger partial charge in [-0.3, -0.25) is 9.59 Å². The third-order valence-electron chi connectivity index (χ3n) is 4.91. The maximum atomic E-state index is 12.5. The molecule has 0 aliphatic carbocycles. The van der Waals surface area contributed by atoms with E-state index in [1.54, 1.807) is 9.80 Å². The highest BCUT2D eigenvalue weighted by Crippen LogP contribution is 2.31. The molecule has 2 aliphatic heterocycles. The fraction of sp³-hybridized carbons (Fsp3) is 0.556. The molecule has 2 heterocycles. The van der Waals surface area contributed by atoms with Gasteiger partial charge in [-0.25, -0.2) is 0 Å². The summed E-state index contributed by atoms with van der Waals surface area (Å²) in [6, 6.07) is 9.50. The zero-order valence-corrected chi connectivity index (χ0v) is 13.4. The van der Waals surface area contributed by atoms with Gasteiger partial charge in [0.1, 0.15) is 5.60 Å². The highest BCUT2D eigenvalue weighted by molar-refractivity contribution is 5.85. The largest absolute Gasteiger partial charge is 0.383 e. The molecule has 2 saturated heterocycles. The zero-order chi connectivity index (χ0) is 16.3. The van der Waals surface area contributed by atoms with Gasteiger partial charge in [0.25, 0.3) is 0 Å². The lowest BCUT2D eigenvalue weighted by atomic mass is 9.93. The normalized spacial score (nSPS) is 25.5. The van der Waals surface area contributed by atoms with E-state index in [-0.39, 0.29) is 18.4 Å². The van der Waals surface area contributed by atoms with Crippen LogP contribution in [0.25, 0.3) is 0 Å². The molecule has 1 atom stereocenters. The summed E-state index contributed by atoms with van der Waals surface area (Å²) in [5, 5.41) is 10.8. The van der Waals surface area contributed by atoms with E-state index in [1.165, 1.54) is 0 Å². The predicted molar refractivity (Wildman–Crippen MR) is 86.6 cm³/mol. The number of rotatable bonds is 3. The Bertz CT molecular complexity index is 575. The van der Waals surface area contributed by atoms with Crippen LogP contribution in [0.4, 0.5) is 0 Å². The van der Waals surface area contributed by atoms with Crippen LogP contribution in [0.3, 0.4) is 0 Å². The molecule has 3 rings (SSSR count). The number of nitrogens with zero attached hydrogens (tertiary/aromatic N) is 2. The first kappa shape index (κ1) is 16.0. The molecule has 0 bridgehead atoms. The molecule has 1 aromatic rings. The number of hydrogen-bond donors (Lipinski definition) is 1. The van der Waals surface area contributed by atoms with Crippen LogP contribution in [0.2, 0.25) is 0 Å². The molecule has 1 unspecified atom stereocenters. The Morgan fingerprint density at radius 2 is 1.91 bits per heavy atom. The number of aliphatic hydroxyl groups is 1. The summed E-state index contributed by atoms with van der Waals surface area (Å²) in [6.45, 7) is 1.65. The molecule has 0 spiro atoms. The van der Waals surface area contributed by atoms with Gasteiger partial charge in [-0.05, 0) is 24.8 Å². The van der Waals surface area contributed by atoms with Crippen LogP contribution in [-0.4, -0.2) is 52.9 Å². The molecular weight excluding hydrogens is 292 g/mol. The molecule has 5 nitrogen and oxygen atoms in total. The van der Waals surface area contributed by atoms with Gasteiger partial charge in [0.2, 0.25) is 11.8 Å².